The Hall–Kier alpha value is -1.09. The maximum atomic E-state index is 4.25. The number of hydrogen-bond acceptors (Lipinski definition) is 3. The lowest BCUT2D eigenvalue weighted by Gasteiger charge is -2.30. The molecule has 1 aromatic heterocycles. The molecule has 17 heavy (non-hydrogen) atoms. The maximum absolute atomic E-state index is 4.25. The molecule has 3 nitrogen and oxygen atoms in total. The summed E-state index contributed by atoms with van der Waals surface area (Å²) >= 11 is 0. The zero-order valence-corrected chi connectivity index (χ0v) is 10.9. The summed E-state index contributed by atoms with van der Waals surface area (Å²) in [7, 11) is 0. The molecule has 1 fully saturated rings. The minimum absolute atomic E-state index is 0.518. The second-order valence-corrected chi connectivity index (χ2v) is 5.09. The summed E-state index contributed by atoms with van der Waals surface area (Å²) in [5, 5.41) is 3.47. The van der Waals surface area contributed by atoms with Crippen LogP contribution in [0.3, 0.4) is 0 Å². The molecule has 1 aliphatic heterocycles. The van der Waals surface area contributed by atoms with Crippen molar-refractivity contribution < 1.29 is 0 Å². The van der Waals surface area contributed by atoms with Gasteiger partial charge in [0.25, 0.3) is 0 Å². The Labute approximate surface area is 104 Å². The number of pyridine rings is 1. The van der Waals surface area contributed by atoms with Crippen molar-refractivity contribution in [2.75, 3.05) is 18.0 Å². The molecule has 1 aromatic rings. The Balaban J connectivity index is 2.09. The highest BCUT2D eigenvalue weighted by atomic mass is 15.1. The van der Waals surface area contributed by atoms with Gasteiger partial charge in [-0.3, -0.25) is 4.98 Å². The predicted octanol–water partition coefficient (Wildman–Crippen LogP) is 2.57. The number of anilines is 1. The van der Waals surface area contributed by atoms with E-state index in [0.717, 1.165) is 6.54 Å². The molecule has 0 spiro atoms. The summed E-state index contributed by atoms with van der Waals surface area (Å²) in [5.74, 6) is 0. The van der Waals surface area contributed by atoms with Gasteiger partial charge in [-0.05, 0) is 25.3 Å². The van der Waals surface area contributed by atoms with Crippen LogP contribution in [0.15, 0.2) is 18.5 Å². The molecule has 0 unspecified atom stereocenters. The van der Waals surface area contributed by atoms with E-state index in [0.29, 0.717) is 6.04 Å². The van der Waals surface area contributed by atoms with Crippen LogP contribution >= 0.6 is 0 Å². The van der Waals surface area contributed by atoms with Crippen LogP contribution in [0.5, 0.6) is 0 Å². The van der Waals surface area contributed by atoms with Crippen LogP contribution in [0.4, 0.5) is 5.69 Å². The Morgan fingerprint density at radius 3 is 2.76 bits per heavy atom. The van der Waals surface area contributed by atoms with Crippen LogP contribution in [0.2, 0.25) is 0 Å². The molecule has 0 aromatic carbocycles. The van der Waals surface area contributed by atoms with Gasteiger partial charge in [-0.25, -0.2) is 0 Å². The highest BCUT2D eigenvalue weighted by Crippen LogP contribution is 2.23. The maximum Gasteiger partial charge on any atom is 0.0442 e. The van der Waals surface area contributed by atoms with Gasteiger partial charge < -0.3 is 10.2 Å². The molecule has 0 radical (unpaired) electrons. The van der Waals surface area contributed by atoms with E-state index in [2.05, 4.69) is 35.1 Å². The lowest BCUT2D eigenvalue weighted by atomic mass is 10.1. The SMILES string of the molecule is CC(C)NCc1cnccc1N1CCCCC1. The standard InChI is InChI=1S/C14H23N3/c1-12(2)16-11-13-10-15-7-6-14(13)17-8-4-3-5-9-17/h6-7,10,12,16H,3-5,8-9,11H2,1-2H3. The normalized spacial score (nSPS) is 16.5. The fourth-order valence-electron chi connectivity index (χ4n) is 2.31. The molecule has 0 bridgehead atoms. The van der Waals surface area contributed by atoms with E-state index >= 15 is 0 Å². The van der Waals surface area contributed by atoms with E-state index < -0.39 is 0 Å². The zero-order chi connectivity index (χ0) is 12.1. The summed E-state index contributed by atoms with van der Waals surface area (Å²) in [5.41, 5.74) is 2.69. The summed E-state index contributed by atoms with van der Waals surface area (Å²) in [4.78, 5) is 6.75. The third kappa shape index (κ3) is 3.43. The molecule has 1 N–H and O–H groups in total. The van der Waals surface area contributed by atoms with E-state index in [9.17, 15) is 0 Å². The highest BCUT2D eigenvalue weighted by molar-refractivity contribution is 5.52. The van der Waals surface area contributed by atoms with Gasteiger partial charge in [0, 0.05) is 49.3 Å². The molecule has 2 heterocycles. The number of nitrogens with zero attached hydrogens (tertiary/aromatic N) is 2. The Morgan fingerprint density at radius 1 is 1.29 bits per heavy atom. The Kier molecular flexibility index (Phi) is 4.37. The number of piperidine rings is 1. The largest absolute Gasteiger partial charge is 0.371 e. The molecule has 0 amide bonds. The fourth-order valence-corrected chi connectivity index (χ4v) is 2.31. The molecular formula is C14H23N3. The fraction of sp³-hybridized carbons (Fsp3) is 0.643. The molecule has 94 valence electrons. The van der Waals surface area contributed by atoms with Crippen molar-refractivity contribution in [2.24, 2.45) is 0 Å². The number of aromatic nitrogens is 1. The monoisotopic (exact) mass is 233 g/mol. The van der Waals surface area contributed by atoms with E-state index in [4.69, 9.17) is 0 Å². The lowest BCUT2D eigenvalue weighted by molar-refractivity contribution is 0.565. The van der Waals surface area contributed by atoms with Crippen molar-refractivity contribution in [3.63, 3.8) is 0 Å². The molecule has 0 aliphatic carbocycles. The molecule has 0 saturated carbocycles. The minimum atomic E-state index is 0.518. The highest BCUT2D eigenvalue weighted by Gasteiger charge is 2.14. The Bertz CT molecular complexity index is 343. The Morgan fingerprint density at radius 2 is 2.06 bits per heavy atom. The average molecular weight is 233 g/mol. The second-order valence-electron chi connectivity index (χ2n) is 5.09. The van der Waals surface area contributed by atoms with Crippen molar-refractivity contribution in [2.45, 2.75) is 45.7 Å². The van der Waals surface area contributed by atoms with Crippen molar-refractivity contribution in [1.82, 2.24) is 10.3 Å². The van der Waals surface area contributed by atoms with Crippen LogP contribution in [0.25, 0.3) is 0 Å². The van der Waals surface area contributed by atoms with Gasteiger partial charge in [0.15, 0.2) is 0 Å². The molecule has 1 saturated heterocycles. The molecule has 3 heteroatoms. The molecule has 1 aliphatic rings. The van der Waals surface area contributed by atoms with Gasteiger partial charge in [0.2, 0.25) is 0 Å². The summed E-state index contributed by atoms with van der Waals surface area (Å²) in [6, 6.07) is 2.67. The van der Waals surface area contributed by atoms with Crippen molar-refractivity contribution >= 4 is 5.69 Å². The van der Waals surface area contributed by atoms with E-state index in [1.807, 2.05) is 12.4 Å². The predicted molar refractivity (Wildman–Crippen MR) is 72.3 cm³/mol. The summed E-state index contributed by atoms with van der Waals surface area (Å²) < 4.78 is 0. The van der Waals surface area contributed by atoms with Crippen LogP contribution in [0, 0.1) is 0 Å². The summed E-state index contributed by atoms with van der Waals surface area (Å²) in [6.07, 6.45) is 7.92. The van der Waals surface area contributed by atoms with Gasteiger partial charge in [-0.15, -0.1) is 0 Å². The van der Waals surface area contributed by atoms with E-state index in [-0.39, 0.29) is 0 Å². The topological polar surface area (TPSA) is 28.2 Å². The van der Waals surface area contributed by atoms with Crippen molar-refractivity contribution in [1.29, 1.82) is 0 Å². The third-order valence-corrected chi connectivity index (χ3v) is 3.28. The smallest absolute Gasteiger partial charge is 0.0442 e. The third-order valence-electron chi connectivity index (χ3n) is 3.28. The van der Waals surface area contributed by atoms with Crippen LogP contribution in [-0.4, -0.2) is 24.1 Å². The summed E-state index contributed by atoms with van der Waals surface area (Å²) in [6.45, 7) is 7.66. The first-order chi connectivity index (χ1) is 8.27. The van der Waals surface area contributed by atoms with Crippen LogP contribution < -0.4 is 10.2 Å². The van der Waals surface area contributed by atoms with E-state index in [1.165, 1.54) is 43.6 Å². The molecule has 0 atom stereocenters. The molecular weight excluding hydrogens is 210 g/mol. The van der Waals surface area contributed by atoms with E-state index in [1.54, 1.807) is 0 Å². The van der Waals surface area contributed by atoms with Crippen molar-refractivity contribution in [3.05, 3.63) is 24.0 Å². The first-order valence-electron chi connectivity index (χ1n) is 6.68. The average Bonchev–Trinajstić information content (AvgIpc) is 2.38. The second kappa shape index (κ2) is 6.01. The van der Waals surface area contributed by atoms with Gasteiger partial charge >= 0.3 is 0 Å². The number of nitrogens with one attached hydrogen (secondary N) is 1. The lowest BCUT2D eigenvalue weighted by Crippen LogP contribution is -2.31. The molecule has 2 rings (SSSR count). The van der Waals surface area contributed by atoms with Gasteiger partial charge in [0.05, 0.1) is 0 Å². The van der Waals surface area contributed by atoms with Gasteiger partial charge in [-0.2, -0.15) is 0 Å². The number of hydrogen-bond donors (Lipinski definition) is 1. The zero-order valence-electron chi connectivity index (χ0n) is 10.9. The quantitative estimate of drug-likeness (QED) is 0.866. The first-order valence-corrected chi connectivity index (χ1v) is 6.68. The minimum Gasteiger partial charge on any atom is -0.371 e. The van der Waals surface area contributed by atoms with Crippen LogP contribution in [0.1, 0.15) is 38.7 Å². The van der Waals surface area contributed by atoms with Gasteiger partial charge in [0.1, 0.15) is 0 Å². The van der Waals surface area contributed by atoms with Gasteiger partial charge in [-0.1, -0.05) is 13.8 Å². The van der Waals surface area contributed by atoms with Crippen LogP contribution in [-0.2, 0) is 6.54 Å². The first kappa shape index (κ1) is 12.4. The number of rotatable bonds is 4. The van der Waals surface area contributed by atoms with Crippen molar-refractivity contribution in [3.8, 4) is 0 Å².